The molecule has 1 heterocycles. The maximum Gasteiger partial charge on any atom is 0.387 e. The predicted molar refractivity (Wildman–Crippen MR) is 83.5 cm³/mol. The fourth-order valence-electron chi connectivity index (χ4n) is 3.40. The highest BCUT2D eigenvalue weighted by Gasteiger charge is 2.58. The number of alkyl halides is 2. The second-order valence-electron chi connectivity index (χ2n) is 6.26. The normalized spacial score (nSPS) is 23.4. The van der Waals surface area contributed by atoms with E-state index >= 15 is 0 Å². The minimum absolute atomic E-state index is 0.253. The van der Waals surface area contributed by atoms with E-state index < -0.39 is 64.0 Å². The Morgan fingerprint density at radius 2 is 2.00 bits per heavy atom. The van der Waals surface area contributed by atoms with Gasteiger partial charge in [0.05, 0.1) is 5.56 Å². The summed E-state index contributed by atoms with van der Waals surface area (Å²) < 4.78 is 34.9. The molecule has 0 fully saturated rings. The molecule has 0 radical (unpaired) electrons. The van der Waals surface area contributed by atoms with Gasteiger partial charge in [-0.15, -0.1) is 0 Å². The van der Waals surface area contributed by atoms with Crippen molar-refractivity contribution in [2.45, 2.75) is 25.9 Å². The largest absolute Gasteiger partial charge is 0.507 e. The molecule has 27 heavy (non-hydrogen) atoms. The average molecular weight is 381 g/mol. The van der Waals surface area contributed by atoms with Crippen LogP contribution in [0.25, 0.3) is 0 Å². The molecule has 0 bridgehead atoms. The number of aromatic hydroxyl groups is 1. The fraction of sp³-hybridized carbons (Fsp3) is 0.294. The molecule has 2 atom stereocenters. The van der Waals surface area contributed by atoms with Gasteiger partial charge in [0, 0.05) is 12.1 Å². The summed E-state index contributed by atoms with van der Waals surface area (Å²) in [4.78, 5) is 48.6. The maximum absolute atomic E-state index is 12.9. The van der Waals surface area contributed by atoms with Gasteiger partial charge < -0.3 is 20.3 Å². The molecule has 0 aromatic heterocycles. The van der Waals surface area contributed by atoms with Crippen molar-refractivity contribution in [1.29, 1.82) is 0 Å². The number of rotatable bonds is 4. The van der Waals surface area contributed by atoms with Crippen LogP contribution < -0.4 is 15.2 Å². The van der Waals surface area contributed by atoms with Crippen molar-refractivity contribution in [2.75, 3.05) is 0 Å². The third-order valence-corrected chi connectivity index (χ3v) is 4.61. The number of carbonyl (C=O) groups is 4. The van der Waals surface area contributed by atoms with Crippen LogP contribution in [0.1, 0.15) is 29.8 Å². The second-order valence-corrected chi connectivity index (χ2v) is 6.26. The molecule has 1 aromatic rings. The summed E-state index contributed by atoms with van der Waals surface area (Å²) in [5.74, 6) is -7.40. The molecular formula is C17H13F2NO7. The number of halogens is 2. The van der Waals surface area contributed by atoms with Crippen molar-refractivity contribution in [3.63, 3.8) is 0 Å². The number of amides is 1. The highest BCUT2D eigenvalue weighted by Crippen LogP contribution is 2.56. The Balaban J connectivity index is 2.32. The third-order valence-electron chi connectivity index (χ3n) is 4.61. The van der Waals surface area contributed by atoms with Crippen LogP contribution in [-0.4, -0.2) is 35.0 Å². The summed E-state index contributed by atoms with van der Waals surface area (Å²) in [6.45, 7) is -0.981. The lowest BCUT2D eigenvalue weighted by atomic mass is 9.67. The van der Waals surface area contributed by atoms with E-state index in [-0.39, 0.29) is 11.3 Å². The molecular weight excluding hydrogens is 368 g/mol. The molecule has 0 spiro atoms. The van der Waals surface area contributed by atoms with Gasteiger partial charge in [-0.1, -0.05) is 0 Å². The Kier molecular flexibility index (Phi) is 4.01. The van der Waals surface area contributed by atoms with Crippen molar-refractivity contribution in [1.82, 2.24) is 0 Å². The van der Waals surface area contributed by atoms with E-state index in [2.05, 4.69) is 4.74 Å². The monoisotopic (exact) mass is 381 g/mol. The Morgan fingerprint density at radius 1 is 1.37 bits per heavy atom. The molecule has 1 amide bonds. The third kappa shape index (κ3) is 2.47. The number of Topliss-reactive ketones (excluding diaryl/α,β-unsaturated/α-hetero) is 2. The molecule has 1 unspecified atom stereocenters. The van der Waals surface area contributed by atoms with E-state index in [0.717, 1.165) is 13.0 Å². The first-order valence-corrected chi connectivity index (χ1v) is 7.63. The minimum Gasteiger partial charge on any atom is -0.507 e. The van der Waals surface area contributed by atoms with Crippen molar-refractivity contribution in [2.24, 2.45) is 11.7 Å². The number of fused-ring (bicyclic) bond motifs is 3. The number of hydrogen-bond acceptors (Lipinski definition) is 7. The highest BCUT2D eigenvalue weighted by atomic mass is 19.3. The van der Waals surface area contributed by atoms with Crippen molar-refractivity contribution in [3.8, 4) is 17.2 Å². The van der Waals surface area contributed by atoms with Crippen molar-refractivity contribution >= 4 is 23.3 Å². The van der Waals surface area contributed by atoms with Gasteiger partial charge in [-0.05, 0) is 13.8 Å². The summed E-state index contributed by atoms with van der Waals surface area (Å²) in [5, 5.41) is 10.3. The summed E-state index contributed by atoms with van der Waals surface area (Å²) in [7, 11) is 0. The minimum atomic E-state index is -3.33. The number of primary amides is 1. The summed E-state index contributed by atoms with van der Waals surface area (Å²) in [6, 6.07) is 0.703. The van der Waals surface area contributed by atoms with E-state index in [9.17, 15) is 33.1 Å². The van der Waals surface area contributed by atoms with Gasteiger partial charge in [0.15, 0.2) is 17.3 Å². The van der Waals surface area contributed by atoms with Gasteiger partial charge in [0.1, 0.15) is 39.9 Å². The second kappa shape index (κ2) is 5.86. The lowest BCUT2D eigenvalue weighted by molar-refractivity contribution is -0.140. The lowest BCUT2D eigenvalue weighted by Crippen LogP contribution is -2.47. The zero-order valence-electron chi connectivity index (χ0n) is 14.0. The van der Waals surface area contributed by atoms with Crippen LogP contribution in [0.3, 0.4) is 0 Å². The zero-order valence-corrected chi connectivity index (χ0v) is 14.0. The number of phenols is 1. The first kappa shape index (κ1) is 18.5. The molecule has 1 aromatic carbocycles. The van der Waals surface area contributed by atoms with Crippen molar-refractivity contribution < 1.29 is 42.5 Å². The molecule has 10 heteroatoms. The Hall–Kier alpha value is -3.30. The van der Waals surface area contributed by atoms with Crippen molar-refractivity contribution in [3.05, 3.63) is 29.0 Å². The van der Waals surface area contributed by atoms with Crippen LogP contribution in [0, 0.1) is 5.92 Å². The first-order valence-electron chi connectivity index (χ1n) is 7.63. The van der Waals surface area contributed by atoms with Crippen LogP contribution in [0.15, 0.2) is 17.9 Å². The molecule has 0 saturated carbocycles. The van der Waals surface area contributed by atoms with Gasteiger partial charge in [0.25, 0.3) is 5.91 Å². The summed E-state index contributed by atoms with van der Waals surface area (Å²) in [5.41, 5.74) is 2.57. The van der Waals surface area contributed by atoms with Gasteiger partial charge in [-0.25, -0.2) is 0 Å². The number of hydrogen-bond donors (Lipinski definition) is 2. The van der Waals surface area contributed by atoms with Gasteiger partial charge in [-0.3, -0.25) is 19.2 Å². The van der Waals surface area contributed by atoms with Crippen LogP contribution >= 0.6 is 0 Å². The fourth-order valence-corrected chi connectivity index (χ4v) is 3.40. The van der Waals surface area contributed by atoms with Crippen LogP contribution in [0.4, 0.5) is 8.78 Å². The number of ether oxygens (including phenoxy) is 2. The zero-order chi connectivity index (χ0) is 20.3. The van der Waals surface area contributed by atoms with E-state index in [4.69, 9.17) is 10.5 Å². The van der Waals surface area contributed by atoms with E-state index in [0.29, 0.717) is 6.07 Å². The number of benzene rings is 1. The topological polar surface area (TPSA) is 133 Å². The number of nitrogens with two attached hydrogens (primary N) is 1. The molecule has 1 aliphatic carbocycles. The SMILES string of the molecule is CC(=O)C1C(=O)C=C2Oc3c(C(N)=O)c(OC(F)F)cc(O)c3[C@]2(C)C1=O. The van der Waals surface area contributed by atoms with Crippen LogP contribution in [0.5, 0.6) is 17.2 Å². The van der Waals surface area contributed by atoms with Gasteiger partial charge >= 0.3 is 6.61 Å². The van der Waals surface area contributed by atoms with Gasteiger partial charge in [-0.2, -0.15) is 8.78 Å². The number of ketones is 3. The van der Waals surface area contributed by atoms with Gasteiger partial charge in [0.2, 0.25) is 0 Å². The molecule has 8 nitrogen and oxygen atoms in total. The number of allylic oxidation sites excluding steroid dienone is 2. The Labute approximate surface area is 150 Å². The van der Waals surface area contributed by atoms with E-state index in [1.165, 1.54) is 6.92 Å². The number of phenolic OH excluding ortho intramolecular Hbond substituents is 1. The van der Waals surface area contributed by atoms with Crippen LogP contribution in [-0.2, 0) is 19.8 Å². The Morgan fingerprint density at radius 3 is 2.52 bits per heavy atom. The highest BCUT2D eigenvalue weighted by molar-refractivity contribution is 6.27. The standard InChI is InChI=1S/C17H13F2NO7/c1-5(21)10-6(22)4-9-17(2,14(10)24)12-7(23)3-8(26-16(18)19)11(15(20)25)13(12)27-9/h3-4,10,16,23H,1-2H3,(H2,20,25)/t10?,17-/m1/s1. The smallest absolute Gasteiger partial charge is 0.387 e. The molecule has 1 aliphatic heterocycles. The molecule has 0 saturated heterocycles. The lowest BCUT2D eigenvalue weighted by Gasteiger charge is -2.30. The molecule has 3 N–H and O–H groups in total. The molecule has 142 valence electrons. The first-order chi connectivity index (χ1) is 12.5. The quantitative estimate of drug-likeness (QED) is 0.743. The molecule has 2 aliphatic rings. The Bertz CT molecular complexity index is 953. The van der Waals surface area contributed by atoms with E-state index in [1.54, 1.807) is 0 Å². The summed E-state index contributed by atoms with van der Waals surface area (Å²) >= 11 is 0. The summed E-state index contributed by atoms with van der Waals surface area (Å²) in [6.07, 6.45) is 0.908. The molecule has 3 rings (SSSR count). The maximum atomic E-state index is 12.9. The predicted octanol–water partition coefficient (Wildman–Crippen LogP) is 0.983. The number of carbonyl (C=O) groups excluding carboxylic acids is 4. The van der Waals surface area contributed by atoms with Crippen LogP contribution in [0.2, 0.25) is 0 Å². The average Bonchev–Trinajstić information content (AvgIpc) is 2.80. The van der Waals surface area contributed by atoms with E-state index in [1.807, 2.05) is 0 Å².